The largest absolute Gasteiger partial charge is 0.342 e. The van der Waals surface area contributed by atoms with Crippen LogP contribution in [0.1, 0.15) is 16.7 Å². The molecule has 0 bridgehead atoms. The average Bonchev–Trinajstić information content (AvgIpc) is 3.17. The predicted octanol–water partition coefficient (Wildman–Crippen LogP) is 5.39. The van der Waals surface area contributed by atoms with Crippen LogP contribution in [0.3, 0.4) is 0 Å². The first-order valence-electron chi connectivity index (χ1n) is 9.07. The Labute approximate surface area is 174 Å². The van der Waals surface area contributed by atoms with E-state index in [-0.39, 0.29) is 5.91 Å². The van der Waals surface area contributed by atoms with Crippen LogP contribution in [0.2, 0.25) is 0 Å². The number of thioether (sulfide) groups is 1. The van der Waals surface area contributed by atoms with Gasteiger partial charge in [-0.15, -0.1) is 6.58 Å². The summed E-state index contributed by atoms with van der Waals surface area (Å²) in [4.78, 5) is 14.9. The Bertz CT molecular complexity index is 1130. The fourth-order valence-electron chi connectivity index (χ4n) is 3.42. The molecule has 0 radical (unpaired) electrons. The molecule has 1 fully saturated rings. The highest BCUT2D eigenvalue weighted by Gasteiger charge is 2.31. The lowest BCUT2D eigenvalue weighted by Gasteiger charge is -2.10. The van der Waals surface area contributed by atoms with Crippen LogP contribution in [0.25, 0.3) is 17.0 Å². The first kappa shape index (κ1) is 18.7. The Morgan fingerprint density at radius 2 is 1.89 bits per heavy atom. The number of hydrogen-bond donors (Lipinski definition) is 0. The first-order valence-corrected chi connectivity index (χ1v) is 10.3. The summed E-state index contributed by atoms with van der Waals surface area (Å²) >= 11 is 6.71. The van der Waals surface area contributed by atoms with Crippen molar-refractivity contribution in [1.29, 1.82) is 0 Å². The highest BCUT2D eigenvalue weighted by molar-refractivity contribution is 8.26. The third kappa shape index (κ3) is 3.43. The maximum absolute atomic E-state index is 12.7. The van der Waals surface area contributed by atoms with Gasteiger partial charge in [0.25, 0.3) is 5.91 Å². The monoisotopic (exact) mass is 404 g/mol. The number of aromatic nitrogens is 1. The van der Waals surface area contributed by atoms with Crippen molar-refractivity contribution in [2.75, 3.05) is 6.54 Å². The van der Waals surface area contributed by atoms with E-state index in [0.717, 1.165) is 23.0 Å². The molecule has 0 saturated carbocycles. The molecular weight excluding hydrogens is 384 g/mol. The first-order chi connectivity index (χ1) is 13.6. The molecule has 3 aromatic rings. The summed E-state index contributed by atoms with van der Waals surface area (Å²) in [7, 11) is 0. The van der Waals surface area contributed by atoms with Gasteiger partial charge in [0.2, 0.25) is 0 Å². The smallest absolute Gasteiger partial charge is 0.266 e. The van der Waals surface area contributed by atoms with Crippen LogP contribution in [0.5, 0.6) is 0 Å². The number of benzene rings is 2. The molecule has 0 aliphatic carbocycles. The minimum atomic E-state index is -0.0503. The minimum absolute atomic E-state index is 0.0503. The van der Waals surface area contributed by atoms with Gasteiger partial charge < -0.3 is 4.57 Å². The zero-order valence-electron chi connectivity index (χ0n) is 15.6. The topological polar surface area (TPSA) is 25.2 Å². The summed E-state index contributed by atoms with van der Waals surface area (Å²) < 4.78 is 2.83. The van der Waals surface area contributed by atoms with Gasteiger partial charge in [-0.1, -0.05) is 72.5 Å². The fraction of sp³-hybridized carbons (Fsp3) is 0.130. The Morgan fingerprint density at radius 1 is 1.14 bits per heavy atom. The number of hydrogen-bond acceptors (Lipinski definition) is 3. The number of para-hydroxylation sites is 1. The number of carbonyl (C=O) groups is 1. The molecule has 1 aliphatic heterocycles. The standard InChI is InChI=1S/C23H20N2OS2/c1-3-12-25-22(26)21(28-23(25)27)13-18-15-24(20-11-7-6-10-19(18)20)14-17-9-5-4-8-16(17)2/h3-11,13,15H,1,12,14H2,2H3/b21-13-. The van der Waals surface area contributed by atoms with Crippen LogP contribution in [0.4, 0.5) is 0 Å². The van der Waals surface area contributed by atoms with Gasteiger partial charge in [0, 0.05) is 35.8 Å². The highest BCUT2D eigenvalue weighted by Crippen LogP contribution is 2.34. The van der Waals surface area contributed by atoms with Crippen molar-refractivity contribution in [2.45, 2.75) is 13.5 Å². The normalized spacial score (nSPS) is 15.8. The summed E-state index contributed by atoms with van der Waals surface area (Å²) in [5.74, 6) is -0.0503. The number of nitrogens with zero attached hydrogens (tertiary/aromatic N) is 2. The number of rotatable bonds is 5. The van der Waals surface area contributed by atoms with E-state index in [1.807, 2.05) is 18.2 Å². The average molecular weight is 405 g/mol. The molecule has 4 rings (SSSR count). The third-order valence-corrected chi connectivity index (χ3v) is 6.27. The molecule has 2 heterocycles. The lowest BCUT2D eigenvalue weighted by Crippen LogP contribution is -2.27. The highest BCUT2D eigenvalue weighted by atomic mass is 32.2. The van der Waals surface area contributed by atoms with E-state index in [1.165, 1.54) is 22.9 Å². The van der Waals surface area contributed by atoms with Crippen LogP contribution < -0.4 is 0 Å². The maximum Gasteiger partial charge on any atom is 0.266 e. The Morgan fingerprint density at radius 3 is 2.68 bits per heavy atom. The second kappa shape index (κ2) is 7.78. The van der Waals surface area contributed by atoms with E-state index >= 15 is 0 Å². The van der Waals surface area contributed by atoms with Crippen molar-refractivity contribution in [3.8, 4) is 0 Å². The van der Waals surface area contributed by atoms with Crippen molar-refractivity contribution in [3.63, 3.8) is 0 Å². The van der Waals surface area contributed by atoms with Gasteiger partial charge in [-0.05, 0) is 30.2 Å². The Kier molecular flexibility index (Phi) is 5.20. The SMILES string of the molecule is C=CCN1C(=O)/C(=C/c2cn(Cc3ccccc3C)c3ccccc23)SC1=S. The molecule has 1 amide bonds. The number of aryl methyl sites for hydroxylation is 1. The summed E-state index contributed by atoms with van der Waals surface area (Å²) in [6, 6.07) is 16.7. The fourth-order valence-corrected chi connectivity index (χ4v) is 4.69. The molecule has 0 atom stereocenters. The van der Waals surface area contributed by atoms with Crippen molar-refractivity contribution < 1.29 is 4.79 Å². The van der Waals surface area contributed by atoms with Crippen molar-refractivity contribution >= 4 is 51.2 Å². The lowest BCUT2D eigenvalue weighted by atomic mass is 10.1. The van der Waals surface area contributed by atoms with Gasteiger partial charge in [-0.25, -0.2) is 0 Å². The molecule has 5 heteroatoms. The molecule has 3 nitrogen and oxygen atoms in total. The predicted molar refractivity (Wildman–Crippen MR) is 122 cm³/mol. The Hall–Kier alpha value is -2.63. The van der Waals surface area contributed by atoms with Gasteiger partial charge in [0.1, 0.15) is 4.32 Å². The van der Waals surface area contributed by atoms with E-state index in [2.05, 4.69) is 60.7 Å². The second-order valence-corrected chi connectivity index (χ2v) is 8.41. The van der Waals surface area contributed by atoms with Gasteiger partial charge in [-0.2, -0.15) is 0 Å². The van der Waals surface area contributed by atoms with Crippen LogP contribution in [0.15, 0.2) is 72.3 Å². The Balaban J connectivity index is 1.75. The molecule has 2 aromatic carbocycles. The maximum atomic E-state index is 12.7. The van der Waals surface area contributed by atoms with E-state index < -0.39 is 0 Å². The van der Waals surface area contributed by atoms with Gasteiger partial charge in [0.05, 0.1) is 4.91 Å². The van der Waals surface area contributed by atoms with Crippen LogP contribution in [0, 0.1) is 6.92 Å². The molecule has 1 aromatic heterocycles. The van der Waals surface area contributed by atoms with Crippen LogP contribution in [-0.2, 0) is 11.3 Å². The van der Waals surface area contributed by atoms with Gasteiger partial charge in [-0.3, -0.25) is 9.69 Å². The quantitative estimate of drug-likeness (QED) is 0.324. The molecule has 140 valence electrons. The van der Waals surface area contributed by atoms with E-state index in [0.29, 0.717) is 15.8 Å². The molecule has 28 heavy (non-hydrogen) atoms. The van der Waals surface area contributed by atoms with Crippen LogP contribution >= 0.6 is 24.0 Å². The van der Waals surface area contributed by atoms with Crippen molar-refractivity contribution in [1.82, 2.24) is 9.47 Å². The zero-order valence-corrected chi connectivity index (χ0v) is 17.2. The number of fused-ring (bicyclic) bond motifs is 1. The molecule has 1 saturated heterocycles. The summed E-state index contributed by atoms with van der Waals surface area (Å²) in [6.45, 7) is 7.07. The van der Waals surface area contributed by atoms with Gasteiger partial charge >= 0.3 is 0 Å². The summed E-state index contributed by atoms with van der Waals surface area (Å²) in [5.41, 5.74) is 4.74. The second-order valence-electron chi connectivity index (χ2n) is 6.74. The van der Waals surface area contributed by atoms with Crippen molar-refractivity contribution in [3.05, 3.63) is 89.0 Å². The molecule has 0 unspecified atom stereocenters. The van der Waals surface area contributed by atoms with Gasteiger partial charge in [0.15, 0.2) is 0 Å². The third-order valence-electron chi connectivity index (χ3n) is 4.89. The molecule has 0 N–H and O–H groups in total. The van der Waals surface area contributed by atoms with E-state index in [4.69, 9.17) is 12.2 Å². The minimum Gasteiger partial charge on any atom is -0.342 e. The lowest BCUT2D eigenvalue weighted by molar-refractivity contribution is -0.121. The van der Waals surface area contributed by atoms with Crippen molar-refractivity contribution in [2.24, 2.45) is 0 Å². The van der Waals surface area contributed by atoms with E-state index in [1.54, 1.807) is 11.0 Å². The summed E-state index contributed by atoms with van der Waals surface area (Å²) in [5, 5.41) is 1.13. The zero-order chi connectivity index (χ0) is 19.7. The summed E-state index contributed by atoms with van der Waals surface area (Å²) in [6.07, 6.45) is 5.78. The molecule has 1 aliphatic rings. The number of carbonyl (C=O) groups excluding carboxylic acids is 1. The number of amides is 1. The molecular formula is C23H20N2OS2. The number of thiocarbonyl (C=S) groups is 1. The van der Waals surface area contributed by atoms with E-state index in [9.17, 15) is 4.79 Å². The van der Waals surface area contributed by atoms with Crippen LogP contribution in [-0.4, -0.2) is 26.2 Å². The molecule has 0 spiro atoms.